The van der Waals surface area contributed by atoms with Crippen molar-refractivity contribution in [3.8, 4) is 0 Å². The van der Waals surface area contributed by atoms with Gasteiger partial charge in [0.1, 0.15) is 0 Å². The van der Waals surface area contributed by atoms with Crippen LogP contribution in [0.3, 0.4) is 0 Å². The van der Waals surface area contributed by atoms with Crippen molar-refractivity contribution in [1.29, 1.82) is 0 Å². The first kappa shape index (κ1) is 15.3. The molecule has 2 rings (SSSR count). The van der Waals surface area contributed by atoms with Gasteiger partial charge in [0.2, 0.25) is 0 Å². The molecule has 2 fully saturated rings. The fourth-order valence-electron chi connectivity index (χ4n) is 4.39. The molecule has 1 unspecified atom stereocenters. The van der Waals surface area contributed by atoms with E-state index < -0.39 is 0 Å². The van der Waals surface area contributed by atoms with Crippen LogP contribution in [0.5, 0.6) is 0 Å². The van der Waals surface area contributed by atoms with Crippen molar-refractivity contribution in [2.75, 3.05) is 0 Å². The summed E-state index contributed by atoms with van der Waals surface area (Å²) in [5.41, 5.74) is 3.77. The molecule has 0 radical (unpaired) electrons. The summed E-state index contributed by atoms with van der Waals surface area (Å²) >= 11 is 0. The Labute approximate surface area is 119 Å². The molecule has 112 valence electrons. The third-order valence-electron chi connectivity index (χ3n) is 6.06. The largest absolute Gasteiger partial charge is 0.271 e. The molecule has 1 atom stereocenters. The van der Waals surface area contributed by atoms with Crippen molar-refractivity contribution < 1.29 is 0 Å². The van der Waals surface area contributed by atoms with Crippen molar-refractivity contribution in [3.63, 3.8) is 0 Å². The molecule has 0 spiro atoms. The van der Waals surface area contributed by atoms with Crippen LogP contribution in [0.25, 0.3) is 0 Å². The van der Waals surface area contributed by atoms with Gasteiger partial charge in [0, 0.05) is 6.04 Å². The highest BCUT2D eigenvalue weighted by molar-refractivity contribution is 4.89. The number of nitrogens with one attached hydrogen (secondary N) is 1. The minimum atomic E-state index is 0.565. The molecule has 0 aromatic carbocycles. The first-order chi connectivity index (χ1) is 9.05. The summed E-state index contributed by atoms with van der Waals surface area (Å²) in [7, 11) is 0. The molecule has 2 nitrogen and oxygen atoms in total. The van der Waals surface area contributed by atoms with E-state index in [2.05, 4.69) is 26.2 Å². The van der Waals surface area contributed by atoms with Crippen LogP contribution in [0, 0.1) is 23.2 Å². The highest BCUT2D eigenvalue weighted by Gasteiger charge is 2.35. The van der Waals surface area contributed by atoms with Crippen LogP contribution in [0.1, 0.15) is 78.6 Å². The van der Waals surface area contributed by atoms with Crippen molar-refractivity contribution in [2.24, 2.45) is 29.0 Å². The Kier molecular flexibility index (Phi) is 5.30. The van der Waals surface area contributed by atoms with E-state index in [9.17, 15) is 0 Å². The lowest BCUT2D eigenvalue weighted by atomic mass is 9.67. The van der Waals surface area contributed by atoms with Crippen molar-refractivity contribution in [2.45, 2.75) is 84.6 Å². The summed E-state index contributed by atoms with van der Waals surface area (Å²) in [4.78, 5) is 0. The zero-order valence-electron chi connectivity index (χ0n) is 13.3. The van der Waals surface area contributed by atoms with Crippen LogP contribution >= 0.6 is 0 Å². The maximum atomic E-state index is 5.92. The number of hydrogen-bond acceptors (Lipinski definition) is 2. The molecule has 0 aromatic heterocycles. The molecular formula is C17H34N2. The van der Waals surface area contributed by atoms with Gasteiger partial charge in [0.05, 0.1) is 0 Å². The fourth-order valence-corrected chi connectivity index (χ4v) is 4.39. The van der Waals surface area contributed by atoms with E-state index >= 15 is 0 Å². The van der Waals surface area contributed by atoms with Crippen molar-refractivity contribution in [1.82, 2.24) is 5.43 Å². The number of hydrogen-bond donors (Lipinski definition) is 2. The Morgan fingerprint density at radius 3 is 2.00 bits per heavy atom. The van der Waals surface area contributed by atoms with Gasteiger partial charge in [-0.25, -0.2) is 0 Å². The Morgan fingerprint density at radius 1 is 1.00 bits per heavy atom. The van der Waals surface area contributed by atoms with Gasteiger partial charge in [0.25, 0.3) is 0 Å². The molecule has 0 aromatic rings. The third-order valence-corrected chi connectivity index (χ3v) is 6.06. The minimum Gasteiger partial charge on any atom is -0.271 e. The molecule has 0 heterocycles. The van der Waals surface area contributed by atoms with Gasteiger partial charge in [-0.3, -0.25) is 11.3 Å². The van der Waals surface area contributed by atoms with E-state index in [1.807, 2.05) is 0 Å². The van der Waals surface area contributed by atoms with Gasteiger partial charge in [-0.15, -0.1) is 0 Å². The fraction of sp³-hybridized carbons (Fsp3) is 1.00. The average Bonchev–Trinajstić information content (AvgIpc) is 2.42. The van der Waals surface area contributed by atoms with Crippen LogP contribution in [0.4, 0.5) is 0 Å². The second kappa shape index (κ2) is 6.58. The van der Waals surface area contributed by atoms with E-state index in [-0.39, 0.29) is 0 Å². The molecule has 2 heteroatoms. The first-order valence-corrected chi connectivity index (χ1v) is 8.52. The van der Waals surface area contributed by atoms with Crippen LogP contribution in [0.2, 0.25) is 0 Å². The standard InChI is InChI=1S/C17H34N2/c1-4-13-5-7-14(8-6-13)16(19-18)15-9-11-17(2,3)12-10-15/h13-16,19H,4-12,18H2,1-3H3. The molecule has 0 aliphatic heterocycles. The van der Waals surface area contributed by atoms with Gasteiger partial charge < -0.3 is 0 Å². The topological polar surface area (TPSA) is 38.0 Å². The summed E-state index contributed by atoms with van der Waals surface area (Å²) in [5, 5.41) is 0. The maximum absolute atomic E-state index is 5.92. The van der Waals surface area contributed by atoms with Crippen molar-refractivity contribution >= 4 is 0 Å². The molecule has 0 amide bonds. The molecule has 19 heavy (non-hydrogen) atoms. The van der Waals surface area contributed by atoms with E-state index in [0.717, 1.165) is 17.8 Å². The normalized spacial score (nSPS) is 34.1. The second-order valence-corrected chi connectivity index (χ2v) is 7.88. The van der Waals surface area contributed by atoms with E-state index in [0.29, 0.717) is 11.5 Å². The van der Waals surface area contributed by atoms with Crippen LogP contribution < -0.4 is 11.3 Å². The lowest BCUT2D eigenvalue weighted by Crippen LogP contribution is -2.48. The first-order valence-electron chi connectivity index (χ1n) is 8.52. The summed E-state index contributed by atoms with van der Waals surface area (Å²) < 4.78 is 0. The molecule has 3 N–H and O–H groups in total. The van der Waals surface area contributed by atoms with Crippen LogP contribution in [0.15, 0.2) is 0 Å². The molecule has 2 aliphatic rings. The lowest BCUT2D eigenvalue weighted by Gasteiger charge is -2.42. The predicted molar refractivity (Wildman–Crippen MR) is 82.6 cm³/mol. The highest BCUT2D eigenvalue weighted by atomic mass is 15.2. The summed E-state index contributed by atoms with van der Waals surface area (Å²) in [5.74, 6) is 8.56. The SMILES string of the molecule is CCC1CCC(C(NN)C2CCC(C)(C)CC2)CC1. The molecule has 2 aliphatic carbocycles. The van der Waals surface area contributed by atoms with Gasteiger partial charge in [0.15, 0.2) is 0 Å². The third kappa shape index (κ3) is 3.95. The van der Waals surface area contributed by atoms with Gasteiger partial charge in [-0.1, -0.05) is 40.0 Å². The predicted octanol–water partition coefficient (Wildman–Crippen LogP) is 4.25. The molecule has 0 saturated heterocycles. The molecular weight excluding hydrogens is 232 g/mol. The van der Waals surface area contributed by atoms with Crippen molar-refractivity contribution in [3.05, 3.63) is 0 Å². The van der Waals surface area contributed by atoms with E-state index in [1.54, 1.807) is 0 Å². The Bertz CT molecular complexity index is 256. The zero-order chi connectivity index (χ0) is 13.9. The highest BCUT2D eigenvalue weighted by Crippen LogP contribution is 2.42. The smallest absolute Gasteiger partial charge is 0.0267 e. The quantitative estimate of drug-likeness (QED) is 0.589. The van der Waals surface area contributed by atoms with Gasteiger partial charge >= 0.3 is 0 Å². The summed E-state index contributed by atoms with van der Waals surface area (Å²) in [6.45, 7) is 7.17. The monoisotopic (exact) mass is 266 g/mol. The number of nitrogens with two attached hydrogens (primary N) is 1. The average molecular weight is 266 g/mol. The van der Waals surface area contributed by atoms with E-state index in [4.69, 9.17) is 5.84 Å². The lowest BCUT2D eigenvalue weighted by molar-refractivity contribution is 0.112. The Morgan fingerprint density at radius 2 is 1.53 bits per heavy atom. The zero-order valence-corrected chi connectivity index (χ0v) is 13.3. The molecule has 2 saturated carbocycles. The minimum absolute atomic E-state index is 0.565. The van der Waals surface area contributed by atoms with Crippen LogP contribution in [-0.2, 0) is 0 Å². The number of hydrazine groups is 1. The Balaban J connectivity index is 1.87. The second-order valence-electron chi connectivity index (χ2n) is 7.88. The van der Waals surface area contributed by atoms with E-state index in [1.165, 1.54) is 57.8 Å². The van der Waals surface area contributed by atoms with Crippen LogP contribution in [-0.4, -0.2) is 6.04 Å². The van der Waals surface area contributed by atoms with Gasteiger partial charge in [-0.2, -0.15) is 0 Å². The number of rotatable bonds is 4. The van der Waals surface area contributed by atoms with Gasteiger partial charge in [-0.05, 0) is 61.7 Å². The maximum Gasteiger partial charge on any atom is 0.0267 e. The molecule has 0 bridgehead atoms. The summed E-state index contributed by atoms with van der Waals surface area (Å²) in [6, 6.07) is 0.578. The summed E-state index contributed by atoms with van der Waals surface area (Å²) in [6.07, 6.45) is 12.5. The Hall–Kier alpha value is -0.0800.